The Balaban J connectivity index is 2.40. The van der Waals surface area contributed by atoms with Gasteiger partial charge in [-0.25, -0.2) is 8.78 Å². The molecular weight excluding hydrogens is 216 g/mol. The third kappa shape index (κ3) is 4.88. The fourth-order valence-electron chi connectivity index (χ4n) is 1.79. The number of carbonyl (C=O) groups is 1. The van der Waals surface area contributed by atoms with Gasteiger partial charge in [-0.1, -0.05) is 0 Å². The highest BCUT2D eigenvalue weighted by Crippen LogP contribution is 2.28. The zero-order valence-corrected chi connectivity index (χ0v) is 9.98. The monoisotopic (exact) mass is 235 g/mol. The number of rotatable bonds is 2. The van der Waals surface area contributed by atoms with Gasteiger partial charge >= 0.3 is 5.97 Å². The second-order valence-corrected chi connectivity index (χ2v) is 5.35. The molecule has 1 rings (SSSR count). The van der Waals surface area contributed by atoms with Crippen LogP contribution in [-0.2, 0) is 9.53 Å². The molecule has 0 bridgehead atoms. The molecule has 5 heteroatoms. The Bertz CT molecular complexity index is 261. The lowest BCUT2D eigenvalue weighted by molar-refractivity contribution is -0.157. The maximum absolute atomic E-state index is 13.0. The lowest BCUT2D eigenvalue weighted by Gasteiger charge is -2.30. The van der Waals surface area contributed by atoms with Crippen LogP contribution in [0.1, 0.15) is 33.6 Å². The quantitative estimate of drug-likeness (QED) is 0.744. The first-order chi connectivity index (χ1) is 7.18. The molecule has 0 unspecified atom stereocenters. The molecule has 1 N–H and O–H groups in total. The molecule has 16 heavy (non-hydrogen) atoms. The third-order valence-corrected chi connectivity index (χ3v) is 2.28. The summed E-state index contributed by atoms with van der Waals surface area (Å²) in [4.78, 5) is 11.4. The number of esters is 1. The summed E-state index contributed by atoms with van der Waals surface area (Å²) >= 11 is 0. The molecule has 3 nitrogen and oxygen atoms in total. The molecule has 0 saturated carbocycles. The van der Waals surface area contributed by atoms with Gasteiger partial charge in [0.05, 0.1) is 6.54 Å². The van der Waals surface area contributed by atoms with E-state index in [-0.39, 0.29) is 25.3 Å². The van der Waals surface area contributed by atoms with Crippen LogP contribution in [0, 0.1) is 5.92 Å². The van der Waals surface area contributed by atoms with Gasteiger partial charge in [0.15, 0.2) is 0 Å². The normalized spacial score (nSPS) is 25.2. The van der Waals surface area contributed by atoms with E-state index in [1.807, 2.05) is 0 Å². The van der Waals surface area contributed by atoms with Gasteiger partial charge in [-0.2, -0.15) is 0 Å². The summed E-state index contributed by atoms with van der Waals surface area (Å²) in [5.41, 5.74) is -0.554. The molecule has 1 heterocycles. The first-order valence-corrected chi connectivity index (χ1v) is 5.48. The van der Waals surface area contributed by atoms with Gasteiger partial charge in [0.25, 0.3) is 5.92 Å². The first-order valence-electron chi connectivity index (χ1n) is 5.48. The molecule has 0 spiro atoms. The van der Waals surface area contributed by atoms with Gasteiger partial charge in [0.2, 0.25) is 0 Å². The van der Waals surface area contributed by atoms with Gasteiger partial charge in [-0.15, -0.1) is 0 Å². The second kappa shape index (κ2) is 4.65. The Labute approximate surface area is 94.5 Å². The summed E-state index contributed by atoms with van der Waals surface area (Å²) in [5.74, 6) is -3.44. The number of carbonyl (C=O) groups excluding carboxylic acids is 1. The van der Waals surface area contributed by atoms with Crippen molar-refractivity contribution in [2.45, 2.75) is 45.1 Å². The van der Waals surface area contributed by atoms with E-state index in [0.29, 0.717) is 6.54 Å². The number of ether oxygens (including phenoxy) is 1. The zero-order valence-electron chi connectivity index (χ0n) is 9.98. The van der Waals surface area contributed by atoms with Crippen molar-refractivity contribution in [3.05, 3.63) is 0 Å². The minimum atomic E-state index is -2.70. The van der Waals surface area contributed by atoms with Crippen LogP contribution in [0.25, 0.3) is 0 Å². The smallest absolute Gasteiger partial charge is 0.306 e. The molecule has 1 aliphatic rings. The van der Waals surface area contributed by atoms with E-state index in [9.17, 15) is 13.6 Å². The van der Waals surface area contributed by atoms with Gasteiger partial charge in [0.1, 0.15) is 5.60 Å². The zero-order chi connectivity index (χ0) is 12.4. The maximum atomic E-state index is 13.0. The predicted octanol–water partition coefficient (Wildman–Crippen LogP) is 1.96. The topological polar surface area (TPSA) is 38.3 Å². The number of halogens is 2. The number of alkyl halides is 2. The van der Waals surface area contributed by atoms with E-state index in [4.69, 9.17) is 4.74 Å². The summed E-state index contributed by atoms with van der Waals surface area (Å²) in [6.07, 6.45) is -0.181. The van der Waals surface area contributed by atoms with E-state index in [0.717, 1.165) is 0 Å². The molecule has 1 aliphatic heterocycles. The Hall–Kier alpha value is -0.710. The minimum Gasteiger partial charge on any atom is -0.460 e. The van der Waals surface area contributed by atoms with Crippen molar-refractivity contribution >= 4 is 5.97 Å². The van der Waals surface area contributed by atoms with Crippen LogP contribution in [0.5, 0.6) is 0 Å². The highest BCUT2D eigenvalue weighted by Gasteiger charge is 2.37. The lowest BCUT2D eigenvalue weighted by atomic mass is 9.94. The predicted molar refractivity (Wildman–Crippen MR) is 56.4 cm³/mol. The average Bonchev–Trinajstić information content (AvgIpc) is 1.96. The van der Waals surface area contributed by atoms with Crippen molar-refractivity contribution in [1.29, 1.82) is 0 Å². The first kappa shape index (κ1) is 13.4. The Morgan fingerprint density at radius 3 is 2.62 bits per heavy atom. The van der Waals surface area contributed by atoms with Crippen molar-refractivity contribution in [2.24, 2.45) is 5.92 Å². The van der Waals surface area contributed by atoms with Crippen LogP contribution in [-0.4, -0.2) is 30.6 Å². The lowest BCUT2D eigenvalue weighted by Crippen LogP contribution is -2.44. The Morgan fingerprint density at radius 2 is 2.12 bits per heavy atom. The highest BCUT2D eigenvalue weighted by atomic mass is 19.3. The van der Waals surface area contributed by atoms with E-state index in [2.05, 4.69) is 5.32 Å². The van der Waals surface area contributed by atoms with Crippen molar-refractivity contribution in [1.82, 2.24) is 5.32 Å². The average molecular weight is 235 g/mol. The van der Waals surface area contributed by atoms with Gasteiger partial charge in [-0.05, 0) is 33.2 Å². The number of hydrogen-bond donors (Lipinski definition) is 1. The van der Waals surface area contributed by atoms with Crippen LogP contribution in [0.15, 0.2) is 0 Å². The van der Waals surface area contributed by atoms with E-state index in [1.165, 1.54) is 0 Å². The molecule has 0 amide bonds. The molecule has 0 aromatic heterocycles. The number of hydrogen-bond acceptors (Lipinski definition) is 3. The van der Waals surface area contributed by atoms with Crippen LogP contribution in [0.3, 0.4) is 0 Å². The van der Waals surface area contributed by atoms with Crippen LogP contribution < -0.4 is 5.32 Å². The SMILES string of the molecule is CC(C)(C)OC(=O)C[C@@H]1CNCC(F)(F)C1. The molecular formula is C11H19F2NO2. The van der Waals surface area contributed by atoms with E-state index >= 15 is 0 Å². The number of nitrogens with one attached hydrogen (secondary N) is 1. The molecule has 94 valence electrons. The van der Waals surface area contributed by atoms with E-state index in [1.54, 1.807) is 20.8 Å². The summed E-state index contributed by atoms with van der Waals surface area (Å²) in [6.45, 7) is 5.45. The summed E-state index contributed by atoms with van der Waals surface area (Å²) in [6, 6.07) is 0. The Kier molecular flexibility index (Phi) is 3.88. The van der Waals surface area contributed by atoms with Crippen molar-refractivity contribution in [2.75, 3.05) is 13.1 Å². The van der Waals surface area contributed by atoms with Crippen LogP contribution >= 0.6 is 0 Å². The highest BCUT2D eigenvalue weighted by molar-refractivity contribution is 5.70. The summed E-state index contributed by atoms with van der Waals surface area (Å²) < 4.78 is 31.2. The second-order valence-electron chi connectivity index (χ2n) is 5.35. The summed E-state index contributed by atoms with van der Waals surface area (Å²) in [5, 5.41) is 2.64. The standard InChI is InChI=1S/C11H19F2NO2/c1-10(2,3)16-9(15)4-8-5-11(12,13)7-14-6-8/h8,14H,4-7H2,1-3H3/t8-/m0/s1. The van der Waals surface area contributed by atoms with Gasteiger partial charge < -0.3 is 10.1 Å². The van der Waals surface area contributed by atoms with E-state index < -0.39 is 17.5 Å². The molecule has 1 saturated heterocycles. The van der Waals surface area contributed by atoms with Crippen LogP contribution in [0.4, 0.5) is 8.78 Å². The number of piperidine rings is 1. The molecule has 0 aliphatic carbocycles. The van der Waals surface area contributed by atoms with Crippen molar-refractivity contribution < 1.29 is 18.3 Å². The maximum Gasteiger partial charge on any atom is 0.306 e. The van der Waals surface area contributed by atoms with Crippen LogP contribution in [0.2, 0.25) is 0 Å². The molecule has 0 aromatic carbocycles. The van der Waals surface area contributed by atoms with Crippen molar-refractivity contribution in [3.8, 4) is 0 Å². The largest absolute Gasteiger partial charge is 0.460 e. The fourth-order valence-corrected chi connectivity index (χ4v) is 1.79. The van der Waals surface area contributed by atoms with Gasteiger partial charge in [-0.3, -0.25) is 4.79 Å². The minimum absolute atomic E-state index is 0.0554. The fraction of sp³-hybridized carbons (Fsp3) is 0.909. The Morgan fingerprint density at radius 1 is 1.50 bits per heavy atom. The van der Waals surface area contributed by atoms with Crippen molar-refractivity contribution in [3.63, 3.8) is 0 Å². The molecule has 1 atom stereocenters. The molecule has 0 aromatic rings. The molecule has 1 fully saturated rings. The van der Waals surface area contributed by atoms with Gasteiger partial charge in [0, 0.05) is 12.8 Å². The third-order valence-electron chi connectivity index (χ3n) is 2.28. The summed E-state index contributed by atoms with van der Waals surface area (Å²) in [7, 11) is 0. The molecule has 0 radical (unpaired) electrons.